The van der Waals surface area contributed by atoms with Crippen LogP contribution in [0.2, 0.25) is 0 Å². The van der Waals surface area contributed by atoms with Crippen molar-refractivity contribution in [1.82, 2.24) is 0 Å². The molecule has 2 aromatic carbocycles. The van der Waals surface area contributed by atoms with Gasteiger partial charge in [-0.1, -0.05) is 23.8 Å². The SMILES string of the molecule is Cc1ccc(N2C(=O)c3ccc(COO)cc3C2=O)cc1. The Bertz CT molecular complexity index is 722. The summed E-state index contributed by atoms with van der Waals surface area (Å²) in [6.45, 7) is 1.91. The second-order valence-corrected chi connectivity index (χ2v) is 4.93. The number of nitrogens with zero attached hydrogens (tertiary/aromatic N) is 1. The van der Waals surface area contributed by atoms with Gasteiger partial charge in [-0.05, 0) is 36.8 Å². The predicted molar refractivity (Wildman–Crippen MR) is 76.2 cm³/mol. The van der Waals surface area contributed by atoms with Crippen molar-refractivity contribution >= 4 is 17.5 Å². The van der Waals surface area contributed by atoms with Crippen LogP contribution in [-0.2, 0) is 11.5 Å². The molecule has 0 aliphatic carbocycles. The first-order valence-electron chi connectivity index (χ1n) is 6.46. The first kappa shape index (κ1) is 13.5. The number of rotatable bonds is 3. The average molecular weight is 283 g/mol. The highest BCUT2D eigenvalue weighted by Gasteiger charge is 2.36. The Labute approximate surface area is 121 Å². The highest BCUT2D eigenvalue weighted by Crippen LogP contribution is 2.29. The molecule has 5 heteroatoms. The van der Waals surface area contributed by atoms with Crippen LogP contribution in [0.3, 0.4) is 0 Å². The number of hydrogen-bond acceptors (Lipinski definition) is 4. The second kappa shape index (κ2) is 5.12. The number of hydrogen-bond donors (Lipinski definition) is 1. The van der Waals surface area contributed by atoms with Crippen LogP contribution in [0, 0.1) is 6.92 Å². The number of anilines is 1. The van der Waals surface area contributed by atoms with Crippen molar-refractivity contribution in [1.29, 1.82) is 0 Å². The molecule has 0 unspecified atom stereocenters. The third kappa shape index (κ3) is 2.22. The van der Waals surface area contributed by atoms with Crippen LogP contribution in [0.4, 0.5) is 5.69 Å². The Balaban J connectivity index is 2.02. The number of fused-ring (bicyclic) bond motifs is 1. The van der Waals surface area contributed by atoms with E-state index in [2.05, 4.69) is 4.89 Å². The molecule has 1 aliphatic rings. The fourth-order valence-electron chi connectivity index (χ4n) is 2.38. The fraction of sp³-hybridized carbons (Fsp3) is 0.125. The molecule has 0 saturated heterocycles. The molecule has 1 aliphatic heterocycles. The molecule has 1 N–H and O–H groups in total. The lowest BCUT2D eigenvalue weighted by molar-refractivity contribution is -0.253. The van der Waals surface area contributed by atoms with Crippen LogP contribution in [0.25, 0.3) is 0 Å². The number of carbonyl (C=O) groups is 2. The first-order chi connectivity index (χ1) is 10.1. The first-order valence-corrected chi connectivity index (χ1v) is 6.46. The zero-order valence-electron chi connectivity index (χ0n) is 11.4. The number of carbonyl (C=O) groups excluding carboxylic acids is 2. The summed E-state index contributed by atoms with van der Waals surface area (Å²) >= 11 is 0. The molecule has 5 nitrogen and oxygen atoms in total. The number of aryl methyl sites for hydroxylation is 1. The van der Waals surface area contributed by atoms with E-state index in [1.54, 1.807) is 30.3 Å². The Hall–Kier alpha value is -2.50. The van der Waals surface area contributed by atoms with Crippen molar-refractivity contribution < 1.29 is 19.7 Å². The molecular weight excluding hydrogens is 270 g/mol. The van der Waals surface area contributed by atoms with Crippen molar-refractivity contribution in [2.75, 3.05) is 4.90 Å². The largest absolute Gasteiger partial charge is 0.268 e. The van der Waals surface area contributed by atoms with E-state index in [1.807, 2.05) is 19.1 Å². The molecular formula is C16H13NO4. The normalized spacial score (nSPS) is 13.7. The van der Waals surface area contributed by atoms with Gasteiger partial charge in [-0.25, -0.2) is 9.79 Å². The quantitative estimate of drug-likeness (QED) is 0.534. The Kier molecular flexibility index (Phi) is 3.29. The lowest BCUT2D eigenvalue weighted by atomic mass is 10.1. The Morgan fingerprint density at radius 3 is 2.33 bits per heavy atom. The third-order valence-electron chi connectivity index (χ3n) is 3.47. The van der Waals surface area contributed by atoms with E-state index in [0.717, 1.165) is 10.5 Å². The average Bonchev–Trinajstić information content (AvgIpc) is 2.72. The van der Waals surface area contributed by atoms with Gasteiger partial charge in [0.05, 0.1) is 16.8 Å². The minimum Gasteiger partial charge on any atom is -0.268 e. The molecule has 0 saturated carbocycles. The van der Waals surface area contributed by atoms with E-state index in [-0.39, 0.29) is 18.4 Å². The molecule has 0 atom stereocenters. The summed E-state index contributed by atoms with van der Waals surface area (Å²) in [5, 5.41) is 8.48. The highest BCUT2D eigenvalue weighted by atomic mass is 17.1. The molecule has 3 rings (SSSR count). The van der Waals surface area contributed by atoms with Gasteiger partial charge in [0.2, 0.25) is 0 Å². The minimum absolute atomic E-state index is 0.0285. The second-order valence-electron chi connectivity index (χ2n) is 4.93. The standard InChI is InChI=1S/C16H13NO4/c1-10-2-5-12(6-3-10)17-15(18)13-7-4-11(9-21-20)8-14(13)16(17)19/h2-8,20H,9H2,1H3. The van der Waals surface area contributed by atoms with Crippen molar-refractivity contribution in [3.8, 4) is 0 Å². The van der Waals surface area contributed by atoms with Gasteiger partial charge in [-0.3, -0.25) is 14.8 Å². The summed E-state index contributed by atoms with van der Waals surface area (Å²) in [6.07, 6.45) is 0. The van der Waals surface area contributed by atoms with Crippen LogP contribution in [0.5, 0.6) is 0 Å². The van der Waals surface area contributed by atoms with E-state index in [1.165, 1.54) is 0 Å². The molecule has 106 valence electrons. The smallest absolute Gasteiger partial charge is 0.266 e. The summed E-state index contributed by atoms with van der Waals surface area (Å²) in [6, 6.07) is 12.0. The van der Waals surface area contributed by atoms with Gasteiger partial charge in [0, 0.05) is 0 Å². The van der Waals surface area contributed by atoms with Crippen LogP contribution >= 0.6 is 0 Å². The fourth-order valence-corrected chi connectivity index (χ4v) is 2.38. The van der Waals surface area contributed by atoms with E-state index < -0.39 is 0 Å². The summed E-state index contributed by atoms with van der Waals surface area (Å²) in [5.74, 6) is -0.700. The zero-order valence-corrected chi connectivity index (χ0v) is 11.4. The van der Waals surface area contributed by atoms with Gasteiger partial charge in [-0.2, -0.15) is 0 Å². The predicted octanol–water partition coefficient (Wildman–Crippen LogP) is 2.79. The van der Waals surface area contributed by atoms with E-state index in [0.29, 0.717) is 22.4 Å². The topological polar surface area (TPSA) is 66.8 Å². The number of benzene rings is 2. The Morgan fingerprint density at radius 2 is 1.67 bits per heavy atom. The van der Waals surface area contributed by atoms with Gasteiger partial charge in [0.25, 0.3) is 11.8 Å². The zero-order chi connectivity index (χ0) is 15.0. The van der Waals surface area contributed by atoms with Crippen molar-refractivity contribution in [2.24, 2.45) is 0 Å². The lowest BCUT2D eigenvalue weighted by Gasteiger charge is -2.13. The van der Waals surface area contributed by atoms with Gasteiger partial charge in [0.1, 0.15) is 6.61 Å². The molecule has 21 heavy (non-hydrogen) atoms. The van der Waals surface area contributed by atoms with Gasteiger partial charge in [0.15, 0.2) is 0 Å². The number of imide groups is 1. The third-order valence-corrected chi connectivity index (χ3v) is 3.47. The van der Waals surface area contributed by atoms with Crippen LogP contribution in [-0.4, -0.2) is 17.1 Å². The van der Waals surface area contributed by atoms with Gasteiger partial charge < -0.3 is 0 Å². The molecule has 1 heterocycles. The summed E-state index contributed by atoms with van der Waals surface area (Å²) < 4.78 is 0. The summed E-state index contributed by atoms with van der Waals surface area (Å²) in [4.78, 5) is 30.1. The maximum absolute atomic E-state index is 12.5. The van der Waals surface area contributed by atoms with E-state index >= 15 is 0 Å². The van der Waals surface area contributed by atoms with Gasteiger partial charge >= 0.3 is 0 Å². The van der Waals surface area contributed by atoms with Crippen LogP contribution in [0.1, 0.15) is 31.8 Å². The molecule has 0 fully saturated rings. The lowest BCUT2D eigenvalue weighted by Crippen LogP contribution is -2.29. The maximum atomic E-state index is 12.5. The monoisotopic (exact) mass is 283 g/mol. The summed E-state index contributed by atoms with van der Waals surface area (Å²) in [5.41, 5.74) is 2.92. The molecule has 0 aromatic heterocycles. The van der Waals surface area contributed by atoms with Crippen molar-refractivity contribution in [2.45, 2.75) is 13.5 Å². The number of amides is 2. The van der Waals surface area contributed by atoms with E-state index in [4.69, 9.17) is 5.26 Å². The van der Waals surface area contributed by atoms with Crippen molar-refractivity contribution in [3.63, 3.8) is 0 Å². The molecule has 2 aromatic rings. The molecule has 0 radical (unpaired) electrons. The molecule has 0 spiro atoms. The van der Waals surface area contributed by atoms with Crippen LogP contribution in [0.15, 0.2) is 42.5 Å². The highest BCUT2D eigenvalue weighted by molar-refractivity contribution is 6.34. The van der Waals surface area contributed by atoms with Crippen molar-refractivity contribution in [3.05, 3.63) is 64.7 Å². The van der Waals surface area contributed by atoms with Crippen LogP contribution < -0.4 is 4.90 Å². The van der Waals surface area contributed by atoms with Gasteiger partial charge in [-0.15, -0.1) is 0 Å². The minimum atomic E-state index is -0.362. The Morgan fingerprint density at radius 1 is 1.00 bits per heavy atom. The maximum Gasteiger partial charge on any atom is 0.266 e. The molecule has 0 bridgehead atoms. The van der Waals surface area contributed by atoms with E-state index in [9.17, 15) is 9.59 Å². The molecule has 2 amide bonds. The summed E-state index contributed by atoms with van der Waals surface area (Å²) in [7, 11) is 0.